The largest absolute Gasteiger partial charge is 0.493 e. The van der Waals surface area contributed by atoms with Crippen LogP contribution in [0.25, 0.3) is 11.5 Å². The van der Waals surface area contributed by atoms with Crippen molar-refractivity contribution in [3.05, 3.63) is 47.9 Å². The van der Waals surface area contributed by atoms with Crippen LogP contribution in [0.15, 0.2) is 41.1 Å². The molecule has 0 saturated carbocycles. The number of rotatable bonds is 3. The standard InChI is InChI=1S/C19H20N4O3/c1-13-21-19(26-22-13)14-7-8-17(20-11-14)23-9-4-10-25-18-15(12-23)5-3-6-16(18)24-2/h3,5-8,11H,4,9-10,12H2,1-2H3. The molecule has 0 bridgehead atoms. The van der Waals surface area contributed by atoms with Gasteiger partial charge in [0.1, 0.15) is 5.82 Å². The Morgan fingerprint density at radius 3 is 2.85 bits per heavy atom. The van der Waals surface area contributed by atoms with E-state index >= 15 is 0 Å². The molecule has 7 heteroatoms. The van der Waals surface area contributed by atoms with E-state index in [0.29, 0.717) is 24.9 Å². The van der Waals surface area contributed by atoms with E-state index in [1.165, 1.54) is 0 Å². The van der Waals surface area contributed by atoms with Crippen LogP contribution in [0.1, 0.15) is 17.8 Å². The maximum absolute atomic E-state index is 5.91. The number of anilines is 1. The van der Waals surface area contributed by atoms with E-state index in [9.17, 15) is 0 Å². The molecular weight excluding hydrogens is 332 g/mol. The first-order valence-corrected chi connectivity index (χ1v) is 8.55. The topological polar surface area (TPSA) is 73.5 Å². The number of benzene rings is 1. The Bertz CT molecular complexity index is 892. The van der Waals surface area contributed by atoms with Crippen molar-refractivity contribution in [3.8, 4) is 23.0 Å². The number of aromatic nitrogens is 3. The van der Waals surface area contributed by atoms with Gasteiger partial charge in [-0.05, 0) is 31.5 Å². The molecule has 4 rings (SSSR count). The highest BCUT2D eigenvalue weighted by Gasteiger charge is 2.18. The Morgan fingerprint density at radius 2 is 2.12 bits per heavy atom. The van der Waals surface area contributed by atoms with Crippen LogP contribution >= 0.6 is 0 Å². The van der Waals surface area contributed by atoms with Gasteiger partial charge in [-0.25, -0.2) is 4.98 Å². The number of ether oxygens (including phenoxy) is 2. The summed E-state index contributed by atoms with van der Waals surface area (Å²) in [7, 11) is 1.66. The van der Waals surface area contributed by atoms with Gasteiger partial charge in [0.25, 0.3) is 5.89 Å². The van der Waals surface area contributed by atoms with Gasteiger partial charge in [0.15, 0.2) is 17.3 Å². The molecule has 26 heavy (non-hydrogen) atoms. The quantitative estimate of drug-likeness (QED) is 0.716. The molecule has 134 valence electrons. The minimum absolute atomic E-state index is 0.484. The smallest absolute Gasteiger partial charge is 0.259 e. The molecule has 0 fully saturated rings. The zero-order chi connectivity index (χ0) is 17.9. The summed E-state index contributed by atoms with van der Waals surface area (Å²) in [6.07, 6.45) is 2.67. The molecule has 0 radical (unpaired) electrons. The van der Waals surface area contributed by atoms with E-state index in [4.69, 9.17) is 14.0 Å². The summed E-state index contributed by atoms with van der Waals surface area (Å²) in [5.41, 5.74) is 1.90. The van der Waals surface area contributed by atoms with E-state index in [1.54, 1.807) is 20.2 Å². The van der Waals surface area contributed by atoms with Crippen LogP contribution in [-0.4, -0.2) is 35.4 Å². The molecular formula is C19H20N4O3. The molecule has 0 spiro atoms. The fourth-order valence-corrected chi connectivity index (χ4v) is 3.03. The molecule has 0 N–H and O–H groups in total. The van der Waals surface area contributed by atoms with Gasteiger partial charge >= 0.3 is 0 Å². The lowest BCUT2D eigenvalue weighted by molar-refractivity contribution is 0.281. The molecule has 3 aromatic rings. The van der Waals surface area contributed by atoms with Gasteiger partial charge in [0.05, 0.1) is 19.3 Å². The Labute approximate surface area is 151 Å². The van der Waals surface area contributed by atoms with Gasteiger partial charge in [0.2, 0.25) is 0 Å². The van der Waals surface area contributed by atoms with Crippen LogP contribution in [-0.2, 0) is 6.54 Å². The summed E-state index contributed by atoms with van der Waals surface area (Å²) < 4.78 is 16.5. The van der Waals surface area contributed by atoms with E-state index in [2.05, 4.69) is 26.1 Å². The number of pyridine rings is 1. The Hall–Kier alpha value is -3.09. The lowest BCUT2D eigenvalue weighted by Gasteiger charge is -2.28. The number of para-hydroxylation sites is 1. The van der Waals surface area contributed by atoms with Crippen molar-refractivity contribution < 1.29 is 14.0 Å². The third-order valence-corrected chi connectivity index (χ3v) is 4.31. The van der Waals surface area contributed by atoms with Gasteiger partial charge in [-0.2, -0.15) is 4.98 Å². The predicted octanol–water partition coefficient (Wildman–Crippen LogP) is 3.24. The van der Waals surface area contributed by atoms with E-state index < -0.39 is 0 Å². The highest BCUT2D eigenvalue weighted by atomic mass is 16.5. The first kappa shape index (κ1) is 16.4. The molecule has 1 aromatic carbocycles. The lowest BCUT2D eigenvalue weighted by atomic mass is 10.1. The Balaban J connectivity index is 1.60. The normalized spacial score (nSPS) is 14.2. The zero-order valence-corrected chi connectivity index (χ0v) is 14.8. The predicted molar refractivity (Wildman–Crippen MR) is 96.4 cm³/mol. The van der Waals surface area contributed by atoms with E-state index in [0.717, 1.165) is 41.4 Å². The second kappa shape index (κ2) is 7.03. The van der Waals surface area contributed by atoms with Crippen LogP contribution < -0.4 is 14.4 Å². The number of methoxy groups -OCH3 is 1. The third-order valence-electron chi connectivity index (χ3n) is 4.31. The zero-order valence-electron chi connectivity index (χ0n) is 14.8. The average Bonchev–Trinajstić information content (AvgIpc) is 3.08. The summed E-state index contributed by atoms with van der Waals surface area (Å²) in [5.74, 6) is 3.58. The van der Waals surface area contributed by atoms with Crippen molar-refractivity contribution >= 4 is 5.82 Å². The highest BCUT2D eigenvalue weighted by molar-refractivity contribution is 5.55. The molecule has 0 unspecified atom stereocenters. The summed E-state index contributed by atoms with van der Waals surface area (Å²) >= 11 is 0. The molecule has 0 atom stereocenters. The summed E-state index contributed by atoms with van der Waals surface area (Å²) in [6.45, 7) is 4.01. The number of hydrogen-bond donors (Lipinski definition) is 0. The van der Waals surface area contributed by atoms with Gasteiger partial charge in [-0.15, -0.1) is 0 Å². The Kier molecular flexibility index (Phi) is 4.43. The summed E-state index contributed by atoms with van der Waals surface area (Å²) in [6, 6.07) is 9.90. The number of hydrogen-bond acceptors (Lipinski definition) is 7. The van der Waals surface area contributed by atoms with Crippen molar-refractivity contribution in [2.45, 2.75) is 19.9 Å². The second-order valence-corrected chi connectivity index (χ2v) is 6.12. The van der Waals surface area contributed by atoms with E-state index in [1.807, 2.05) is 24.3 Å². The lowest BCUT2D eigenvalue weighted by Crippen LogP contribution is -2.28. The third kappa shape index (κ3) is 3.20. The summed E-state index contributed by atoms with van der Waals surface area (Å²) in [4.78, 5) is 11.1. The molecule has 2 aromatic heterocycles. The first-order chi connectivity index (χ1) is 12.7. The van der Waals surface area contributed by atoms with Gasteiger partial charge in [-0.3, -0.25) is 0 Å². The highest BCUT2D eigenvalue weighted by Crippen LogP contribution is 2.34. The summed E-state index contributed by atoms with van der Waals surface area (Å²) in [5, 5.41) is 3.82. The molecule has 0 amide bonds. The number of nitrogens with zero attached hydrogens (tertiary/aromatic N) is 4. The SMILES string of the molecule is COc1cccc2c1OCCCN(c1ccc(-c3nc(C)no3)cn1)C2. The fourth-order valence-electron chi connectivity index (χ4n) is 3.03. The first-order valence-electron chi connectivity index (χ1n) is 8.55. The Morgan fingerprint density at radius 1 is 1.19 bits per heavy atom. The average molecular weight is 352 g/mol. The molecule has 3 heterocycles. The number of aryl methyl sites for hydroxylation is 1. The minimum Gasteiger partial charge on any atom is -0.493 e. The van der Waals surface area contributed by atoms with Gasteiger partial charge in [-0.1, -0.05) is 17.3 Å². The molecule has 7 nitrogen and oxygen atoms in total. The minimum atomic E-state index is 0.484. The van der Waals surface area contributed by atoms with Crippen molar-refractivity contribution in [1.29, 1.82) is 0 Å². The second-order valence-electron chi connectivity index (χ2n) is 6.12. The van der Waals surface area contributed by atoms with Crippen LogP contribution in [0, 0.1) is 6.92 Å². The maximum Gasteiger partial charge on any atom is 0.259 e. The van der Waals surface area contributed by atoms with Gasteiger partial charge < -0.3 is 18.9 Å². The van der Waals surface area contributed by atoms with Gasteiger partial charge in [0, 0.05) is 24.8 Å². The van der Waals surface area contributed by atoms with Crippen molar-refractivity contribution in [1.82, 2.24) is 15.1 Å². The van der Waals surface area contributed by atoms with Crippen LogP contribution in [0.4, 0.5) is 5.82 Å². The van der Waals surface area contributed by atoms with Crippen molar-refractivity contribution in [3.63, 3.8) is 0 Å². The molecule has 0 aliphatic carbocycles. The van der Waals surface area contributed by atoms with Crippen LogP contribution in [0.3, 0.4) is 0 Å². The molecule has 1 aliphatic heterocycles. The maximum atomic E-state index is 5.91. The fraction of sp³-hybridized carbons (Fsp3) is 0.316. The van der Waals surface area contributed by atoms with E-state index in [-0.39, 0.29) is 0 Å². The molecule has 0 saturated heterocycles. The van der Waals surface area contributed by atoms with Crippen LogP contribution in [0.2, 0.25) is 0 Å². The monoisotopic (exact) mass is 352 g/mol. The molecule has 1 aliphatic rings. The van der Waals surface area contributed by atoms with Crippen LogP contribution in [0.5, 0.6) is 11.5 Å². The van der Waals surface area contributed by atoms with Crippen molar-refractivity contribution in [2.75, 3.05) is 25.2 Å². The van der Waals surface area contributed by atoms with Crippen molar-refractivity contribution in [2.24, 2.45) is 0 Å². The number of fused-ring (bicyclic) bond motifs is 1.